The molecule has 2 amide bonds. The van der Waals surface area contributed by atoms with Gasteiger partial charge < -0.3 is 10.6 Å². The number of benzene rings is 2. The molecule has 0 radical (unpaired) electrons. The van der Waals surface area contributed by atoms with Crippen LogP contribution in [0.15, 0.2) is 66.1 Å². The van der Waals surface area contributed by atoms with Crippen molar-refractivity contribution >= 4 is 21.8 Å². The van der Waals surface area contributed by atoms with Crippen LogP contribution in [0, 0.1) is 0 Å². The summed E-state index contributed by atoms with van der Waals surface area (Å²) < 4.78 is 66.7. The Labute approximate surface area is 213 Å². The number of sulfonamides is 1. The van der Waals surface area contributed by atoms with E-state index in [1.54, 1.807) is 4.31 Å². The molecule has 1 unspecified atom stereocenters. The first-order chi connectivity index (χ1) is 17.4. The largest absolute Gasteiger partial charge is 0.416 e. The Kier molecular flexibility index (Phi) is 7.48. The van der Waals surface area contributed by atoms with Gasteiger partial charge in [0.1, 0.15) is 0 Å². The molecular formula is C26H28F3N3O4S. The Bertz CT molecular complexity index is 1270. The highest BCUT2D eigenvalue weighted by molar-refractivity contribution is 7.89. The van der Waals surface area contributed by atoms with Gasteiger partial charge >= 0.3 is 6.18 Å². The second-order valence-corrected chi connectivity index (χ2v) is 11.3. The van der Waals surface area contributed by atoms with Crippen LogP contribution in [0.3, 0.4) is 0 Å². The highest BCUT2D eigenvalue weighted by Gasteiger charge is 2.51. The van der Waals surface area contributed by atoms with Crippen LogP contribution in [0.25, 0.3) is 0 Å². The number of carbonyl (C=O) groups is 2. The number of amides is 2. The second-order valence-electron chi connectivity index (χ2n) is 9.46. The van der Waals surface area contributed by atoms with E-state index in [1.807, 2.05) is 0 Å². The van der Waals surface area contributed by atoms with Crippen molar-refractivity contribution in [3.63, 3.8) is 0 Å². The third kappa shape index (κ3) is 5.72. The molecule has 1 aliphatic heterocycles. The topological polar surface area (TPSA) is 95.6 Å². The molecule has 2 aromatic rings. The fourth-order valence-corrected chi connectivity index (χ4v) is 6.82. The maximum Gasteiger partial charge on any atom is 0.416 e. The van der Waals surface area contributed by atoms with E-state index in [0.717, 1.165) is 31.4 Å². The van der Waals surface area contributed by atoms with Gasteiger partial charge in [0, 0.05) is 30.2 Å². The number of carbonyl (C=O) groups excluding carboxylic acids is 2. The smallest absolute Gasteiger partial charge is 0.350 e. The van der Waals surface area contributed by atoms with Crippen molar-refractivity contribution in [1.82, 2.24) is 14.9 Å². The van der Waals surface area contributed by atoms with Crippen LogP contribution in [-0.4, -0.2) is 42.7 Å². The van der Waals surface area contributed by atoms with E-state index in [9.17, 15) is 31.2 Å². The monoisotopic (exact) mass is 535 g/mol. The van der Waals surface area contributed by atoms with Gasteiger partial charge in [-0.25, -0.2) is 8.42 Å². The average Bonchev–Trinajstić information content (AvgIpc) is 2.85. The van der Waals surface area contributed by atoms with E-state index in [-0.39, 0.29) is 35.5 Å². The van der Waals surface area contributed by atoms with Gasteiger partial charge in [-0.15, -0.1) is 0 Å². The molecule has 2 N–H and O–H groups in total. The molecule has 37 heavy (non-hydrogen) atoms. The quantitative estimate of drug-likeness (QED) is 0.524. The molecule has 7 nitrogen and oxygen atoms in total. The molecule has 4 rings (SSSR count). The summed E-state index contributed by atoms with van der Waals surface area (Å²) in [5.41, 5.74) is -0.573. The standard InChI is InChI=1S/C26H28F3N3O4S/c1-2-23(33)31-21-12-15-32(25(16-21)13-3-14-25)37(35,36)22-10-6-19(7-11-22)24(34)30-17-18-4-8-20(9-5-18)26(27,28)29/h2,4-11,21H,1,3,12-17H2,(H,30,34)(H,31,33). The van der Waals surface area contributed by atoms with Gasteiger partial charge in [-0.3, -0.25) is 9.59 Å². The highest BCUT2D eigenvalue weighted by atomic mass is 32.2. The zero-order valence-corrected chi connectivity index (χ0v) is 20.9. The van der Waals surface area contributed by atoms with Crippen LogP contribution in [-0.2, 0) is 27.5 Å². The van der Waals surface area contributed by atoms with Crippen LogP contribution in [0.4, 0.5) is 13.2 Å². The normalized spacial score (nSPS) is 19.6. The lowest BCUT2D eigenvalue weighted by molar-refractivity contribution is -0.137. The molecule has 1 heterocycles. The third-order valence-electron chi connectivity index (χ3n) is 7.09. The molecule has 1 saturated carbocycles. The molecule has 2 aliphatic rings. The highest BCUT2D eigenvalue weighted by Crippen LogP contribution is 2.47. The van der Waals surface area contributed by atoms with Crippen molar-refractivity contribution in [2.24, 2.45) is 0 Å². The van der Waals surface area contributed by atoms with Gasteiger partial charge in [-0.1, -0.05) is 18.7 Å². The lowest BCUT2D eigenvalue weighted by Crippen LogP contribution is -2.63. The van der Waals surface area contributed by atoms with Crippen molar-refractivity contribution in [1.29, 1.82) is 0 Å². The van der Waals surface area contributed by atoms with Gasteiger partial charge in [0.15, 0.2) is 0 Å². The summed E-state index contributed by atoms with van der Waals surface area (Å²) in [5, 5.41) is 5.51. The van der Waals surface area contributed by atoms with Crippen molar-refractivity contribution in [2.45, 2.75) is 61.3 Å². The van der Waals surface area contributed by atoms with Crippen molar-refractivity contribution in [3.8, 4) is 0 Å². The molecule has 198 valence electrons. The molecule has 2 aromatic carbocycles. The first-order valence-electron chi connectivity index (χ1n) is 11.9. The fraction of sp³-hybridized carbons (Fsp3) is 0.385. The zero-order valence-electron chi connectivity index (χ0n) is 20.1. The Morgan fingerprint density at radius 2 is 1.73 bits per heavy atom. The van der Waals surface area contributed by atoms with Crippen LogP contribution >= 0.6 is 0 Å². The maximum absolute atomic E-state index is 13.5. The molecule has 1 saturated heterocycles. The van der Waals surface area contributed by atoms with Crippen LogP contribution < -0.4 is 10.6 Å². The Hall–Kier alpha value is -3.18. The fourth-order valence-electron chi connectivity index (χ4n) is 4.97. The molecule has 1 aliphatic carbocycles. The number of piperidine rings is 1. The summed E-state index contributed by atoms with van der Waals surface area (Å²) >= 11 is 0. The SMILES string of the molecule is C=CC(=O)NC1CCN(S(=O)(=O)c2ccc(C(=O)NCc3ccc(C(F)(F)F)cc3)cc2)C2(CCC2)C1. The van der Waals surface area contributed by atoms with Crippen LogP contribution in [0.5, 0.6) is 0 Å². The van der Waals surface area contributed by atoms with Gasteiger partial charge in [-0.2, -0.15) is 17.5 Å². The minimum Gasteiger partial charge on any atom is -0.350 e. The first-order valence-corrected chi connectivity index (χ1v) is 13.4. The summed E-state index contributed by atoms with van der Waals surface area (Å²) in [6.07, 6.45) is 0.152. The molecular weight excluding hydrogens is 507 g/mol. The average molecular weight is 536 g/mol. The summed E-state index contributed by atoms with van der Waals surface area (Å²) in [5.74, 6) is -0.749. The summed E-state index contributed by atoms with van der Waals surface area (Å²) in [6, 6.07) is 9.98. The number of hydrogen-bond acceptors (Lipinski definition) is 4. The van der Waals surface area contributed by atoms with Gasteiger partial charge in [0.25, 0.3) is 5.91 Å². The van der Waals surface area contributed by atoms with E-state index in [0.29, 0.717) is 18.4 Å². The molecule has 0 aromatic heterocycles. The van der Waals surface area contributed by atoms with E-state index in [1.165, 1.54) is 42.5 Å². The number of nitrogens with zero attached hydrogens (tertiary/aromatic N) is 1. The Balaban J connectivity index is 1.41. The van der Waals surface area contributed by atoms with Gasteiger partial charge in [0.05, 0.1) is 10.5 Å². The van der Waals surface area contributed by atoms with Crippen molar-refractivity contribution < 1.29 is 31.2 Å². The number of hydrogen-bond donors (Lipinski definition) is 2. The molecule has 1 atom stereocenters. The number of halogens is 3. The van der Waals surface area contributed by atoms with E-state index < -0.39 is 33.2 Å². The van der Waals surface area contributed by atoms with Crippen molar-refractivity contribution in [2.75, 3.05) is 6.54 Å². The molecule has 1 spiro atoms. The predicted octanol–water partition coefficient (Wildman–Crippen LogP) is 4.01. The molecule has 2 fully saturated rings. The van der Waals surface area contributed by atoms with Gasteiger partial charge in [0.2, 0.25) is 15.9 Å². The lowest BCUT2D eigenvalue weighted by Gasteiger charge is -2.54. The van der Waals surface area contributed by atoms with E-state index in [2.05, 4.69) is 17.2 Å². The van der Waals surface area contributed by atoms with E-state index >= 15 is 0 Å². The van der Waals surface area contributed by atoms with Crippen molar-refractivity contribution in [3.05, 3.63) is 77.9 Å². The minimum absolute atomic E-state index is 0.0247. The summed E-state index contributed by atoms with van der Waals surface area (Å²) in [4.78, 5) is 24.3. The molecule has 0 bridgehead atoms. The predicted molar refractivity (Wildman–Crippen MR) is 131 cm³/mol. The third-order valence-corrected chi connectivity index (χ3v) is 9.11. The lowest BCUT2D eigenvalue weighted by atomic mass is 9.70. The van der Waals surface area contributed by atoms with Crippen LogP contribution in [0.2, 0.25) is 0 Å². The first kappa shape index (κ1) is 26.9. The van der Waals surface area contributed by atoms with E-state index in [4.69, 9.17) is 0 Å². The Morgan fingerprint density at radius 1 is 1.08 bits per heavy atom. The Morgan fingerprint density at radius 3 is 2.27 bits per heavy atom. The number of nitrogens with one attached hydrogen (secondary N) is 2. The minimum atomic E-state index is -4.43. The van der Waals surface area contributed by atoms with Gasteiger partial charge in [-0.05, 0) is 80.1 Å². The maximum atomic E-state index is 13.5. The number of rotatable bonds is 7. The molecule has 11 heteroatoms. The zero-order chi connectivity index (χ0) is 26.8. The summed E-state index contributed by atoms with van der Waals surface area (Å²) in [6.45, 7) is 3.77. The second kappa shape index (κ2) is 10.3. The summed E-state index contributed by atoms with van der Waals surface area (Å²) in [7, 11) is -3.83. The van der Waals surface area contributed by atoms with Crippen LogP contribution in [0.1, 0.15) is 53.6 Å². The number of alkyl halides is 3.